The van der Waals surface area contributed by atoms with E-state index < -0.39 is 12.1 Å². The lowest BCUT2D eigenvalue weighted by atomic mass is 10.2. The minimum Gasteiger partial charge on any atom is -0.478 e. The highest BCUT2D eigenvalue weighted by Gasteiger charge is 2.10. The van der Waals surface area contributed by atoms with Crippen molar-refractivity contribution < 1.29 is 20.1 Å². The summed E-state index contributed by atoms with van der Waals surface area (Å²) in [5.74, 6) is -0.785. The van der Waals surface area contributed by atoms with Gasteiger partial charge in [0.1, 0.15) is 0 Å². The van der Waals surface area contributed by atoms with Crippen LogP contribution in [0.1, 0.15) is 10.4 Å². The second-order valence-corrected chi connectivity index (χ2v) is 4.59. The Morgan fingerprint density at radius 2 is 2.19 bits per heavy atom. The molecular formula is C10H11ClO4S. The molecule has 1 atom stereocenters. The van der Waals surface area contributed by atoms with Gasteiger partial charge in [0.25, 0.3) is 0 Å². The van der Waals surface area contributed by atoms with E-state index in [-0.39, 0.29) is 17.2 Å². The van der Waals surface area contributed by atoms with Crippen LogP contribution in [0.2, 0.25) is 5.02 Å². The SMILES string of the molecule is O=C(O)c1cc(SCC(O)CO)ccc1Cl. The van der Waals surface area contributed by atoms with Gasteiger partial charge in [0.15, 0.2) is 0 Å². The van der Waals surface area contributed by atoms with Crippen LogP contribution in [0.5, 0.6) is 0 Å². The molecule has 1 aromatic carbocycles. The Hall–Kier alpha value is -0.750. The van der Waals surface area contributed by atoms with Crippen molar-refractivity contribution in [3.8, 4) is 0 Å². The molecule has 0 aliphatic heterocycles. The summed E-state index contributed by atoms with van der Waals surface area (Å²) in [6.07, 6.45) is -0.811. The molecule has 3 N–H and O–H groups in total. The molecular weight excluding hydrogens is 252 g/mol. The fraction of sp³-hybridized carbons (Fsp3) is 0.300. The van der Waals surface area contributed by atoms with Gasteiger partial charge in [-0.3, -0.25) is 0 Å². The summed E-state index contributed by atoms with van der Waals surface area (Å²) in [5, 5.41) is 26.8. The van der Waals surface area contributed by atoms with Gasteiger partial charge in [0.2, 0.25) is 0 Å². The maximum absolute atomic E-state index is 10.8. The number of aromatic carboxylic acids is 1. The first-order valence-electron chi connectivity index (χ1n) is 4.49. The van der Waals surface area contributed by atoms with E-state index in [2.05, 4.69) is 0 Å². The van der Waals surface area contributed by atoms with Crippen LogP contribution in [0.4, 0.5) is 0 Å². The number of carboxylic acid groups (broad SMARTS) is 1. The van der Waals surface area contributed by atoms with Gasteiger partial charge in [-0.1, -0.05) is 11.6 Å². The number of halogens is 1. The monoisotopic (exact) mass is 262 g/mol. The third-order valence-electron chi connectivity index (χ3n) is 1.82. The van der Waals surface area contributed by atoms with Gasteiger partial charge in [-0.25, -0.2) is 4.79 Å². The van der Waals surface area contributed by atoms with Crippen LogP contribution >= 0.6 is 23.4 Å². The number of carboxylic acids is 1. The van der Waals surface area contributed by atoms with Crippen LogP contribution in [-0.2, 0) is 0 Å². The molecule has 6 heteroatoms. The third-order valence-corrected chi connectivity index (χ3v) is 3.29. The van der Waals surface area contributed by atoms with Gasteiger partial charge < -0.3 is 15.3 Å². The standard InChI is InChI=1S/C10H11ClO4S/c11-9-2-1-7(3-8(9)10(14)15)16-5-6(13)4-12/h1-3,6,12-13H,4-5H2,(H,14,15). The molecule has 0 aliphatic carbocycles. The molecule has 4 nitrogen and oxygen atoms in total. The van der Waals surface area contributed by atoms with Crippen LogP contribution < -0.4 is 0 Å². The molecule has 0 radical (unpaired) electrons. The Labute approximate surface area is 102 Å². The first-order valence-corrected chi connectivity index (χ1v) is 5.85. The molecule has 0 saturated heterocycles. The molecule has 1 rings (SSSR count). The first kappa shape index (κ1) is 13.3. The first-order chi connectivity index (χ1) is 7.54. The van der Waals surface area contributed by atoms with Crippen molar-refractivity contribution in [2.24, 2.45) is 0 Å². The van der Waals surface area contributed by atoms with Gasteiger partial charge in [-0.05, 0) is 18.2 Å². The number of benzene rings is 1. The number of carbonyl (C=O) groups is 1. The second-order valence-electron chi connectivity index (χ2n) is 3.09. The zero-order chi connectivity index (χ0) is 12.1. The minimum absolute atomic E-state index is 0.0326. The average molecular weight is 263 g/mol. The van der Waals surface area contributed by atoms with Crippen LogP contribution in [0.15, 0.2) is 23.1 Å². The molecule has 0 bridgehead atoms. The number of rotatable bonds is 5. The van der Waals surface area contributed by atoms with Crippen molar-refractivity contribution in [3.63, 3.8) is 0 Å². The molecule has 0 amide bonds. The largest absolute Gasteiger partial charge is 0.478 e. The summed E-state index contributed by atoms with van der Waals surface area (Å²) in [5.41, 5.74) is 0.0326. The Bertz CT molecular complexity index is 383. The van der Waals surface area contributed by atoms with E-state index in [1.54, 1.807) is 6.07 Å². The van der Waals surface area contributed by atoms with Crippen molar-refractivity contribution >= 4 is 29.3 Å². The topological polar surface area (TPSA) is 77.8 Å². The van der Waals surface area contributed by atoms with Gasteiger partial charge >= 0.3 is 5.97 Å². The highest BCUT2D eigenvalue weighted by Crippen LogP contribution is 2.25. The Morgan fingerprint density at radius 3 is 2.75 bits per heavy atom. The fourth-order valence-electron chi connectivity index (χ4n) is 1.00. The molecule has 16 heavy (non-hydrogen) atoms. The normalized spacial score (nSPS) is 12.4. The zero-order valence-corrected chi connectivity index (χ0v) is 9.83. The average Bonchev–Trinajstić information content (AvgIpc) is 2.27. The zero-order valence-electron chi connectivity index (χ0n) is 8.26. The molecule has 0 fully saturated rings. The molecule has 0 aromatic heterocycles. The summed E-state index contributed by atoms with van der Waals surface area (Å²) in [6.45, 7) is -0.313. The molecule has 0 heterocycles. The van der Waals surface area contributed by atoms with Gasteiger partial charge in [-0.2, -0.15) is 0 Å². The molecule has 0 spiro atoms. The Balaban J connectivity index is 2.75. The predicted molar refractivity (Wildman–Crippen MR) is 62.2 cm³/mol. The number of thioether (sulfide) groups is 1. The summed E-state index contributed by atoms with van der Waals surface area (Å²) in [6, 6.07) is 4.61. The molecule has 0 aliphatic rings. The highest BCUT2D eigenvalue weighted by atomic mass is 35.5. The smallest absolute Gasteiger partial charge is 0.337 e. The number of hydrogen-bond donors (Lipinski definition) is 3. The third kappa shape index (κ3) is 3.68. The Morgan fingerprint density at radius 1 is 1.50 bits per heavy atom. The van der Waals surface area contributed by atoms with Crippen molar-refractivity contribution in [1.82, 2.24) is 0 Å². The molecule has 0 saturated carbocycles. The van der Waals surface area contributed by atoms with Crippen LogP contribution in [0.3, 0.4) is 0 Å². The lowest BCUT2D eigenvalue weighted by Gasteiger charge is -2.07. The lowest BCUT2D eigenvalue weighted by Crippen LogP contribution is -2.14. The van der Waals surface area contributed by atoms with E-state index in [1.165, 1.54) is 23.9 Å². The van der Waals surface area contributed by atoms with Crippen molar-refractivity contribution in [3.05, 3.63) is 28.8 Å². The van der Waals surface area contributed by atoms with Crippen LogP contribution in [-0.4, -0.2) is 39.8 Å². The van der Waals surface area contributed by atoms with Gasteiger partial charge in [-0.15, -0.1) is 11.8 Å². The molecule has 88 valence electrons. The lowest BCUT2D eigenvalue weighted by molar-refractivity contribution is 0.0697. The van der Waals surface area contributed by atoms with E-state index in [1.807, 2.05) is 0 Å². The maximum Gasteiger partial charge on any atom is 0.337 e. The van der Waals surface area contributed by atoms with Crippen molar-refractivity contribution in [2.75, 3.05) is 12.4 Å². The van der Waals surface area contributed by atoms with Gasteiger partial charge in [0, 0.05) is 10.6 Å². The van der Waals surface area contributed by atoms with E-state index in [0.29, 0.717) is 10.6 Å². The van der Waals surface area contributed by atoms with E-state index in [9.17, 15) is 4.79 Å². The summed E-state index contributed by atoms with van der Waals surface area (Å²) >= 11 is 6.96. The Kier molecular flexibility index (Phi) is 5.08. The highest BCUT2D eigenvalue weighted by molar-refractivity contribution is 7.99. The maximum atomic E-state index is 10.8. The summed E-state index contributed by atoms with van der Waals surface area (Å²) < 4.78 is 0. The van der Waals surface area contributed by atoms with Crippen LogP contribution in [0.25, 0.3) is 0 Å². The second kappa shape index (κ2) is 6.10. The summed E-state index contributed by atoms with van der Waals surface area (Å²) in [4.78, 5) is 11.5. The summed E-state index contributed by atoms with van der Waals surface area (Å²) in [7, 11) is 0. The quantitative estimate of drug-likeness (QED) is 0.701. The van der Waals surface area contributed by atoms with Gasteiger partial charge in [0.05, 0.1) is 23.3 Å². The number of aliphatic hydroxyl groups is 2. The van der Waals surface area contributed by atoms with Crippen LogP contribution in [0, 0.1) is 0 Å². The van der Waals surface area contributed by atoms with E-state index in [4.69, 9.17) is 26.9 Å². The van der Waals surface area contributed by atoms with Crippen molar-refractivity contribution in [2.45, 2.75) is 11.0 Å². The predicted octanol–water partition coefficient (Wildman–Crippen LogP) is 1.48. The van der Waals surface area contributed by atoms with E-state index in [0.717, 1.165) is 0 Å². The fourth-order valence-corrected chi connectivity index (χ4v) is 2.06. The molecule has 1 unspecified atom stereocenters. The number of aliphatic hydroxyl groups excluding tert-OH is 2. The molecule has 1 aromatic rings. The minimum atomic E-state index is -1.09. The number of hydrogen-bond acceptors (Lipinski definition) is 4. The van der Waals surface area contributed by atoms with Crippen molar-refractivity contribution in [1.29, 1.82) is 0 Å². The van der Waals surface area contributed by atoms with E-state index >= 15 is 0 Å².